The number of nitrogens with one attached hydrogen (secondary N) is 1. The number of carbonyl (C=O) groups is 1. The summed E-state index contributed by atoms with van der Waals surface area (Å²) in [5.74, 6) is 0.710. The van der Waals surface area contributed by atoms with Gasteiger partial charge >= 0.3 is 0 Å². The zero-order valence-electron chi connectivity index (χ0n) is 21.3. The van der Waals surface area contributed by atoms with Crippen LogP contribution in [0.15, 0.2) is 42.6 Å². The topological polar surface area (TPSA) is 118 Å². The van der Waals surface area contributed by atoms with E-state index in [1.807, 2.05) is 36.4 Å². The Morgan fingerprint density at radius 2 is 1.84 bits per heavy atom. The van der Waals surface area contributed by atoms with E-state index >= 15 is 0 Å². The molecule has 10 nitrogen and oxygen atoms in total. The number of nitrogens with zero attached hydrogens (tertiary/aromatic N) is 5. The fourth-order valence-electron chi connectivity index (χ4n) is 4.99. The molecule has 0 saturated carbocycles. The number of carbonyl (C=O) groups excluding carboxylic acids is 1. The van der Waals surface area contributed by atoms with E-state index in [9.17, 15) is 13.2 Å². The SMILES string of the molecule is C[C@@H]1CN(c2cccc(-c3ccc4cnc(CC(=O)N[C@@H]5CCN(S(C)(=O)=O)C5)cc4n3)n2)C[C@H](C)O1. The lowest BCUT2D eigenvalue weighted by atomic mass is 10.1. The summed E-state index contributed by atoms with van der Waals surface area (Å²) in [5, 5.41) is 3.80. The minimum atomic E-state index is -3.25. The molecular formula is C26H32N6O4S. The fourth-order valence-corrected chi connectivity index (χ4v) is 5.88. The van der Waals surface area contributed by atoms with Gasteiger partial charge in [0.2, 0.25) is 15.9 Å². The summed E-state index contributed by atoms with van der Waals surface area (Å²) in [7, 11) is -3.25. The third-order valence-corrected chi connectivity index (χ3v) is 7.97. The molecule has 2 aliphatic rings. The van der Waals surface area contributed by atoms with Gasteiger partial charge in [0.05, 0.1) is 47.5 Å². The maximum absolute atomic E-state index is 12.6. The van der Waals surface area contributed by atoms with Crippen molar-refractivity contribution in [2.75, 3.05) is 37.3 Å². The Bertz CT molecular complexity index is 1410. The molecule has 1 amide bonds. The molecule has 2 saturated heterocycles. The number of anilines is 1. The van der Waals surface area contributed by atoms with Gasteiger partial charge in [0, 0.05) is 43.8 Å². The maximum atomic E-state index is 12.6. The van der Waals surface area contributed by atoms with Crippen molar-refractivity contribution in [3.63, 3.8) is 0 Å². The zero-order valence-corrected chi connectivity index (χ0v) is 22.1. The van der Waals surface area contributed by atoms with Crippen molar-refractivity contribution in [3.8, 4) is 11.4 Å². The highest BCUT2D eigenvalue weighted by atomic mass is 32.2. The van der Waals surface area contributed by atoms with Crippen LogP contribution in [0.2, 0.25) is 0 Å². The predicted molar refractivity (Wildman–Crippen MR) is 142 cm³/mol. The molecule has 3 aromatic heterocycles. The Balaban J connectivity index is 1.30. The van der Waals surface area contributed by atoms with Crippen LogP contribution in [0.1, 0.15) is 26.0 Å². The van der Waals surface area contributed by atoms with Crippen LogP contribution in [-0.2, 0) is 26.0 Å². The minimum absolute atomic E-state index is 0.0956. The summed E-state index contributed by atoms with van der Waals surface area (Å²) in [4.78, 5) is 29.0. The van der Waals surface area contributed by atoms with Gasteiger partial charge in [-0.05, 0) is 50.6 Å². The average Bonchev–Trinajstić information content (AvgIpc) is 3.32. The average molecular weight is 525 g/mol. The first-order chi connectivity index (χ1) is 17.6. The van der Waals surface area contributed by atoms with Crippen LogP contribution in [-0.4, -0.2) is 84.3 Å². The van der Waals surface area contributed by atoms with E-state index in [4.69, 9.17) is 14.7 Å². The van der Waals surface area contributed by atoms with Crippen molar-refractivity contribution < 1.29 is 17.9 Å². The lowest BCUT2D eigenvalue weighted by Crippen LogP contribution is -2.45. The van der Waals surface area contributed by atoms with E-state index in [-0.39, 0.29) is 30.6 Å². The third kappa shape index (κ3) is 6.06. The number of ether oxygens (including phenoxy) is 1. The number of morpholine rings is 1. The van der Waals surface area contributed by atoms with Crippen molar-refractivity contribution in [3.05, 3.63) is 48.3 Å². The Morgan fingerprint density at radius 3 is 2.57 bits per heavy atom. The van der Waals surface area contributed by atoms with Gasteiger partial charge in [0.1, 0.15) is 5.82 Å². The molecule has 0 aliphatic carbocycles. The molecule has 5 heterocycles. The van der Waals surface area contributed by atoms with E-state index in [0.717, 1.165) is 41.2 Å². The van der Waals surface area contributed by atoms with Crippen LogP contribution >= 0.6 is 0 Å². The minimum Gasteiger partial charge on any atom is -0.372 e. The highest BCUT2D eigenvalue weighted by Gasteiger charge is 2.29. The predicted octanol–water partition coefficient (Wildman–Crippen LogP) is 2.00. The van der Waals surface area contributed by atoms with Crippen LogP contribution in [0.5, 0.6) is 0 Å². The highest BCUT2D eigenvalue weighted by molar-refractivity contribution is 7.88. The first-order valence-corrected chi connectivity index (χ1v) is 14.4. The van der Waals surface area contributed by atoms with E-state index < -0.39 is 10.0 Å². The van der Waals surface area contributed by atoms with Crippen LogP contribution in [0, 0.1) is 0 Å². The molecule has 5 rings (SSSR count). The van der Waals surface area contributed by atoms with Gasteiger partial charge in [-0.2, -0.15) is 0 Å². The van der Waals surface area contributed by atoms with Crippen molar-refractivity contribution in [1.29, 1.82) is 0 Å². The van der Waals surface area contributed by atoms with Gasteiger partial charge in [-0.15, -0.1) is 0 Å². The first kappa shape index (κ1) is 25.5. The zero-order chi connectivity index (χ0) is 26.2. The smallest absolute Gasteiger partial charge is 0.226 e. The summed E-state index contributed by atoms with van der Waals surface area (Å²) in [5.41, 5.74) is 2.86. The molecule has 3 aromatic rings. The summed E-state index contributed by atoms with van der Waals surface area (Å²) >= 11 is 0. The van der Waals surface area contributed by atoms with Crippen molar-refractivity contribution in [1.82, 2.24) is 24.6 Å². The number of rotatable bonds is 6. The Kier molecular flexibility index (Phi) is 7.11. The van der Waals surface area contributed by atoms with E-state index in [1.54, 1.807) is 6.20 Å². The number of hydrogen-bond acceptors (Lipinski definition) is 8. The lowest BCUT2D eigenvalue weighted by molar-refractivity contribution is -0.121. The maximum Gasteiger partial charge on any atom is 0.226 e. The van der Waals surface area contributed by atoms with Crippen molar-refractivity contribution in [2.24, 2.45) is 0 Å². The summed E-state index contributed by atoms with van der Waals surface area (Å²) in [6.45, 7) is 6.44. The normalized spacial score (nSPS) is 22.9. The third-order valence-electron chi connectivity index (χ3n) is 6.70. The number of amides is 1. The quantitative estimate of drug-likeness (QED) is 0.520. The van der Waals surface area contributed by atoms with Crippen LogP contribution < -0.4 is 10.2 Å². The van der Waals surface area contributed by atoms with E-state index in [0.29, 0.717) is 25.2 Å². The molecule has 0 bridgehead atoms. The molecule has 2 fully saturated rings. The van der Waals surface area contributed by atoms with E-state index in [1.165, 1.54) is 10.6 Å². The van der Waals surface area contributed by atoms with Crippen molar-refractivity contribution >= 4 is 32.7 Å². The van der Waals surface area contributed by atoms with Crippen LogP contribution in [0.25, 0.3) is 22.3 Å². The first-order valence-electron chi connectivity index (χ1n) is 12.5. The second-order valence-corrected chi connectivity index (χ2v) is 11.9. The molecule has 196 valence electrons. The Labute approximate surface area is 217 Å². The lowest BCUT2D eigenvalue weighted by Gasteiger charge is -2.36. The second-order valence-electron chi connectivity index (χ2n) is 9.96. The van der Waals surface area contributed by atoms with Gasteiger partial charge < -0.3 is 15.0 Å². The Hall–Kier alpha value is -3.15. The van der Waals surface area contributed by atoms with Crippen LogP contribution in [0.4, 0.5) is 5.82 Å². The molecule has 1 N–H and O–H groups in total. The van der Waals surface area contributed by atoms with Gasteiger partial charge in [0.15, 0.2) is 0 Å². The molecule has 0 radical (unpaired) electrons. The number of fused-ring (bicyclic) bond motifs is 1. The van der Waals surface area contributed by atoms with Crippen molar-refractivity contribution in [2.45, 2.75) is 44.9 Å². The van der Waals surface area contributed by atoms with E-state index in [2.05, 4.69) is 29.0 Å². The number of pyridine rings is 3. The Morgan fingerprint density at radius 1 is 1.08 bits per heavy atom. The van der Waals surface area contributed by atoms with Gasteiger partial charge in [-0.1, -0.05) is 6.07 Å². The van der Waals surface area contributed by atoms with Gasteiger partial charge in [-0.25, -0.2) is 22.7 Å². The molecule has 0 unspecified atom stereocenters. The summed E-state index contributed by atoms with van der Waals surface area (Å²) in [6, 6.07) is 11.5. The molecule has 0 aromatic carbocycles. The molecule has 2 aliphatic heterocycles. The van der Waals surface area contributed by atoms with Crippen LogP contribution in [0.3, 0.4) is 0 Å². The molecule has 37 heavy (non-hydrogen) atoms. The molecule has 0 spiro atoms. The largest absolute Gasteiger partial charge is 0.372 e. The standard InChI is InChI=1S/C26H32N6O4S/c1-17-14-31(15-18(2)36-17)25-6-4-5-22(30-25)23-8-7-19-13-27-21(11-24(19)29-23)12-26(33)28-20-9-10-32(16-20)37(3,34)35/h4-8,11,13,17-18,20H,9-10,12,14-16H2,1-3H3,(H,28,33)/t17-,18+,20-/m1/s1. The molecule has 3 atom stereocenters. The summed E-state index contributed by atoms with van der Waals surface area (Å²) < 4.78 is 30.7. The number of aromatic nitrogens is 3. The molecular weight excluding hydrogens is 492 g/mol. The highest BCUT2D eigenvalue weighted by Crippen LogP contribution is 2.24. The number of sulfonamides is 1. The fraction of sp³-hybridized carbons (Fsp3) is 0.462. The monoisotopic (exact) mass is 524 g/mol. The summed E-state index contributed by atoms with van der Waals surface area (Å²) in [6.07, 6.45) is 3.89. The van der Waals surface area contributed by atoms with Gasteiger partial charge in [0.25, 0.3) is 0 Å². The second kappa shape index (κ2) is 10.3. The molecule has 11 heteroatoms. The number of hydrogen-bond donors (Lipinski definition) is 1. The van der Waals surface area contributed by atoms with Gasteiger partial charge in [-0.3, -0.25) is 9.78 Å².